The molecule has 0 aliphatic carbocycles. The molecule has 0 radical (unpaired) electrons. The fourth-order valence-corrected chi connectivity index (χ4v) is 5.37. The van der Waals surface area contributed by atoms with Crippen molar-refractivity contribution in [2.75, 3.05) is 26.4 Å². The fraction of sp³-hybridized carbons (Fsp3) is 0.344. The van der Waals surface area contributed by atoms with Gasteiger partial charge in [0.15, 0.2) is 23.0 Å². The van der Waals surface area contributed by atoms with Crippen LogP contribution in [0.3, 0.4) is 0 Å². The number of hydrogen-bond acceptors (Lipinski definition) is 6. The van der Waals surface area contributed by atoms with Crippen molar-refractivity contribution in [3.63, 3.8) is 0 Å². The summed E-state index contributed by atoms with van der Waals surface area (Å²) in [4.78, 5) is 11.8. The van der Waals surface area contributed by atoms with Gasteiger partial charge in [0.05, 0.1) is 32.1 Å². The van der Waals surface area contributed by atoms with Gasteiger partial charge >= 0.3 is 5.97 Å². The van der Waals surface area contributed by atoms with Gasteiger partial charge in [-0.2, -0.15) is 0 Å². The number of aromatic nitrogens is 1. The molecule has 39 heavy (non-hydrogen) atoms. The Balaban J connectivity index is 1.81. The van der Waals surface area contributed by atoms with Crippen molar-refractivity contribution in [3.05, 3.63) is 54.1 Å². The molecular formula is C32H35NO6. The molecule has 204 valence electrons. The summed E-state index contributed by atoms with van der Waals surface area (Å²) in [5.41, 5.74) is 6.48. The lowest BCUT2D eigenvalue weighted by Gasteiger charge is -2.24. The van der Waals surface area contributed by atoms with Gasteiger partial charge in [-0.1, -0.05) is 6.07 Å². The number of rotatable bonds is 10. The molecule has 1 aliphatic heterocycles. The number of benzene rings is 3. The van der Waals surface area contributed by atoms with Crippen molar-refractivity contribution in [2.45, 2.75) is 47.6 Å². The van der Waals surface area contributed by atoms with Gasteiger partial charge in [0.1, 0.15) is 5.75 Å². The van der Waals surface area contributed by atoms with Gasteiger partial charge in [0.25, 0.3) is 0 Å². The van der Waals surface area contributed by atoms with Crippen LogP contribution >= 0.6 is 0 Å². The minimum atomic E-state index is -0.352. The molecule has 1 aliphatic rings. The van der Waals surface area contributed by atoms with Crippen molar-refractivity contribution < 1.29 is 28.5 Å². The first kappa shape index (κ1) is 26.5. The Bertz CT molecular complexity index is 1520. The molecule has 0 amide bonds. The standard InChI is InChI=1S/C32H35NO6/c1-6-35-27-13-10-22(17-28(27)36-7-2)31-25-18-23(39-20(5)34)11-12-26(25)33-15-14-21-16-29(37-8-3)30(38-9-4)19-24(21)32(31)33/h10-13,16-19H,6-9,14-15H2,1-5H3. The predicted molar refractivity (Wildman–Crippen MR) is 152 cm³/mol. The molecule has 7 heteroatoms. The highest BCUT2D eigenvalue weighted by molar-refractivity contribution is 6.06. The van der Waals surface area contributed by atoms with Crippen LogP contribution in [0.2, 0.25) is 0 Å². The van der Waals surface area contributed by atoms with E-state index < -0.39 is 0 Å². The highest BCUT2D eigenvalue weighted by atomic mass is 16.5. The van der Waals surface area contributed by atoms with Crippen molar-refractivity contribution >= 4 is 16.9 Å². The Hall–Kier alpha value is -4.13. The summed E-state index contributed by atoms with van der Waals surface area (Å²) in [5, 5.41) is 0.995. The number of carbonyl (C=O) groups excluding carboxylic acids is 1. The van der Waals surface area contributed by atoms with Gasteiger partial charge in [-0.05, 0) is 87.7 Å². The van der Waals surface area contributed by atoms with E-state index in [1.165, 1.54) is 12.5 Å². The number of ether oxygens (including phenoxy) is 5. The molecule has 0 spiro atoms. The zero-order valence-corrected chi connectivity index (χ0v) is 23.3. The van der Waals surface area contributed by atoms with E-state index >= 15 is 0 Å². The SMILES string of the molecule is CCOc1ccc(-c2c3n(c4ccc(OC(C)=O)cc24)CCc2cc(OCC)c(OCC)cc2-3)cc1OCC. The van der Waals surface area contributed by atoms with E-state index in [4.69, 9.17) is 23.7 Å². The van der Waals surface area contributed by atoms with E-state index in [-0.39, 0.29) is 5.97 Å². The first-order chi connectivity index (χ1) is 19.0. The Morgan fingerprint density at radius 1 is 0.769 bits per heavy atom. The fourth-order valence-electron chi connectivity index (χ4n) is 5.37. The molecule has 3 aromatic carbocycles. The zero-order valence-electron chi connectivity index (χ0n) is 23.3. The van der Waals surface area contributed by atoms with E-state index in [9.17, 15) is 4.79 Å². The molecule has 1 aromatic heterocycles. The maximum atomic E-state index is 11.8. The topological polar surface area (TPSA) is 68.2 Å². The minimum Gasteiger partial charge on any atom is -0.490 e. The van der Waals surface area contributed by atoms with Crippen LogP contribution in [0.4, 0.5) is 0 Å². The van der Waals surface area contributed by atoms with Crippen molar-refractivity contribution in [3.8, 4) is 51.1 Å². The number of esters is 1. The Kier molecular flexibility index (Phi) is 7.68. The molecule has 0 saturated heterocycles. The molecule has 0 unspecified atom stereocenters. The summed E-state index contributed by atoms with van der Waals surface area (Å²) >= 11 is 0. The van der Waals surface area contributed by atoms with Gasteiger partial charge in [0, 0.05) is 35.5 Å². The van der Waals surface area contributed by atoms with Crippen LogP contribution < -0.4 is 23.7 Å². The zero-order chi connectivity index (χ0) is 27.5. The van der Waals surface area contributed by atoms with Gasteiger partial charge in [-0.3, -0.25) is 4.79 Å². The van der Waals surface area contributed by atoms with Crippen LogP contribution in [-0.2, 0) is 17.8 Å². The Morgan fingerprint density at radius 2 is 1.41 bits per heavy atom. The summed E-state index contributed by atoms with van der Waals surface area (Å²) in [6, 6.07) is 16.1. The molecule has 7 nitrogen and oxygen atoms in total. The van der Waals surface area contributed by atoms with Gasteiger partial charge in [-0.15, -0.1) is 0 Å². The predicted octanol–water partition coefficient (Wildman–Crippen LogP) is 7.05. The van der Waals surface area contributed by atoms with Crippen LogP contribution in [0.25, 0.3) is 33.3 Å². The summed E-state index contributed by atoms with van der Waals surface area (Å²) in [6.07, 6.45) is 0.858. The Morgan fingerprint density at radius 3 is 2.08 bits per heavy atom. The smallest absolute Gasteiger partial charge is 0.308 e. The first-order valence-electron chi connectivity index (χ1n) is 13.7. The highest BCUT2D eigenvalue weighted by Gasteiger charge is 2.28. The monoisotopic (exact) mass is 529 g/mol. The van der Waals surface area contributed by atoms with Gasteiger partial charge in [-0.25, -0.2) is 0 Å². The van der Waals surface area contributed by atoms with E-state index in [2.05, 4.69) is 22.8 Å². The molecular weight excluding hydrogens is 494 g/mol. The summed E-state index contributed by atoms with van der Waals surface area (Å²) in [7, 11) is 0. The van der Waals surface area contributed by atoms with E-state index in [1.807, 2.05) is 58.0 Å². The second-order valence-corrected chi connectivity index (χ2v) is 9.25. The average molecular weight is 530 g/mol. The molecule has 0 N–H and O–H groups in total. The van der Waals surface area contributed by atoms with Crippen LogP contribution in [-0.4, -0.2) is 37.0 Å². The molecule has 2 heterocycles. The number of carbonyl (C=O) groups is 1. The van der Waals surface area contributed by atoms with Crippen LogP contribution in [0.15, 0.2) is 48.5 Å². The molecule has 4 aromatic rings. The van der Waals surface area contributed by atoms with E-state index in [1.54, 1.807) is 0 Å². The maximum Gasteiger partial charge on any atom is 0.308 e. The number of fused-ring (bicyclic) bond motifs is 5. The third kappa shape index (κ3) is 5.01. The summed E-state index contributed by atoms with van der Waals surface area (Å²) < 4.78 is 31.6. The summed E-state index contributed by atoms with van der Waals surface area (Å²) in [6.45, 7) is 12.3. The largest absolute Gasteiger partial charge is 0.490 e. The molecule has 5 rings (SSSR count). The first-order valence-corrected chi connectivity index (χ1v) is 13.7. The number of nitrogens with zero attached hydrogens (tertiary/aromatic N) is 1. The minimum absolute atomic E-state index is 0.352. The van der Waals surface area contributed by atoms with Crippen molar-refractivity contribution in [1.82, 2.24) is 4.57 Å². The lowest BCUT2D eigenvalue weighted by atomic mass is 9.92. The molecule has 0 atom stereocenters. The van der Waals surface area contributed by atoms with Crippen molar-refractivity contribution in [2.24, 2.45) is 0 Å². The molecule has 0 fully saturated rings. The van der Waals surface area contributed by atoms with E-state index in [0.717, 1.165) is 57.8 Å². The lowest BCUT2D eigenvalue weighted by Crippen LogP contribution is -2.12. The second kappa shape index (κ2) is 11.3. The third-order valence-electron chi connectivity index (χ3n) is 6.76. The van der Waals surface area contributed by atoms with Crippen LogP contribution in [0.5, 0.6) is 28.7 Å². The number of aryl methyl sites for hydroxylation is 2. The van der Waals surface area contributed by atoms with Crippen molar-refractivity contribution in [1.29, 1.82) is 0 Å². The number of hydrogen-bond donors (Lipinski definition) is 0. The van der Waals surface area contributed by atoms with Crippen LogP contribution in [0.1, 0.15) is 40.2 Å². The van der Waals surface area contributed by atoms with Crippen LogP contribution in [0, 0.1) is 0 Å². The van der Waals surface area contributed by atoms with E-state index in [0.29, 0.717) is 43.7 Å². The maximum absolute atomic E-state index is 11.8. The Labute approximate surface area is 229 Å². The quantitative estimate of drug-likeness (QED) is 0.162. The molecule has 0 saturated carbocycles. The third-order valence-corrected chi connectivity index (χ3v) is 6.76. The highest BCUT2D eigenvalue weighted by Crippen LogP contribution is 2.49. The summed E-state index contributed by atoms with van der Waals surface area (Å²) in [5.74, 6) is 3.05. The molecule has 0 bridgehead atoms. The van der Waals surface area contributed by atoms with Gasteiger partial charge < -0.3 is 28.3 Å². The normalized spacial score (nSPS) is 12.0. The van der Waals surface area contributed by atoms with Gasteiger partial charge in [0.2, 0.25) is 0 Å². The average Bonchev–Trinajstić information content (AvgIpc) is 3.24. The lowest BCUT2D eigenvalue weighted by molar-refractivity contribution is -0.131. The second-order valence-electron chi connectivity index (χ2n) is 9.25.